The molecule has 0 aliphatic carbocycles. The van der Waals surface area contributed by atoms with E-state index in [-0.39, 0.29) is 5.91 Å². The van der Waals surface area contributed by atoms with Gasteiger partial charge in [-0.25, -0.2) is 4.98 Å². The number of nitriles is 1. The zero-order valence-corrected chi connectivity index (χ0v) is 9.16. The number of rotatable bonds is 5. The van der Waals surface area contributed by atoms with E-state index < -0.39 is 0 Å². The van der Waals surface area contributed by atoms with Crippen molar-refractivity contribution in [2.24, 2.45) is 0 Å². The molecule has 0 atom stereocenters. The molecule has 0 radical (unpaired) electrons. The molecule has 0 spiro atoms. The van der Waals surface area contributed by atoms with Gasteiger partial charge in [-0.15, -0.1) is 0 Å². The quantitative estimate of drug-likeness (QED) is 0.691. The Hall–Kier alpha value is -1.93. The smallest absolute Gasteiger partial charge is 0.216 e. The number of carbonyl (C=O) groups is 1. The first-order valence-electron chi connectivity index (χ1n) is 5.03. The summed E-state index contributed by atoms with van der Waals surface area (Å²) in [5, 5.41) is 14.6. The van der Waals surface area contributed by atoms with E-state index in [2.05, 4.69) is 15.6 Å². The van der Waals surface area contributed by atoms with Gasteiger partial charge < -0.3 is 10.6 Å². The molecule has 84 valence electrons. The van der Waals surface area contributed by atoms with Crippen LogP contribution in [0.1, 0.15) is 18.2 Å². The fraction of sp³-hybridized carbons (Fsp3) is 0.364. The molecule has 16 heavy (non-hydrogen) atoms. The topological polar surface area (TPSA) is 77.8 Å². The average Bonchev–Trinajstić information content (AvgIpc) is 2.29. The third kappa shape index (κ3) is 4.07. The maximum absolute atomic E-state index is 10.6. The summed E-state index contributed by atoms with van der Waals surface area (Å²) in [4.78, 5) is 14.5. The van der Waals surface area contributed by atoms with Crippen LogP contribution < -0.4 is 10.6 Å². The first kappa shape index (κ1) is 12.1. The van der Waals surface area contributed by atoms with Crippen LogP contribution in [0.2, 0.25) is 0 Å². The Morgan fingerprint density at radius 3 is 3.06 bits per heavy atom. The summed E-state index contributed by atoms with van der Waals surface area (Å²) in [6, 6.07) is 5.69. The number of nitrogens with one attached hydrogen (secondary N) is 2. The van der Waals surface area contributed by atoms with E-state index in [1.165, 1.54) is 6.92 Å². The van der Waals surface area contributed by atoms with Crippen LogP contribution in [0.3, 0.4) is 0 Å². The fourth-order valence-electron chi connectivity index (χ4n) is 1.23. The van der Waals surface area contributed by atoms with Crippen LogP contribution in [0.5, 0.6) is 0 Å². The first-order chi connectivity index (χ1) is 7.74. The summed E-state index contributed by atoms with van der Waals surface area (Å²) >= 11 is 0. The van der Waals surface area contributed by atoms with Crippen LogP contribution >= 0.6 is 0 Å². The van der Waals surface area contributed by atoms with E-state index in [0.717, 1.165) is 5.56 Å². The highest BCUT2D eigenvalue weighted by molar-refractivity contribution is 5.72. The number of hydrogen-bond donors (Lipinski definition) is 2. The third-order valence-corrected chi connectivity index (χ3v) is 1.99. The fourth-order valence-corrected chi connectivity index (χ4v) is 1.23. The van der Waals surface area contributed by atoms with Crippen molar-refractivity contribution in [3.63, 3.8) is 0 Å². The predicted octanol–water partition coefficient (Wildman–Crippen LogP) is 0.179. The molecule has 0 bridgehead atoms. The van der Waals surface area contributed by atoms with E-state index in [0.29, 0.717) is 25.3 Å². The number of pyridine rings is 1. The summed E-state index contributed by atoms with van der Waals surface area (Å²) in [5.74, 6) is -0.0408. The lowest BCUT2D eigenvalue weighted by Gasteiger charge is -2.06. The molecular formula is C11H14N4O. The van der Waals surface area contributed by atoms with Crippen LogP contribution in [0.15, 0.2) is 18.3 Å². The Kier molecular flexibility index (Phi) is 4.96. The maximum atomic E-state index is 10.6. The summed E-state index contributed by atoms with van der Waals surface area (Å²) in [7, 11) is 0. The van der Waals surface area contributed by atoms with Crippen molar-refractivity contribution in [3.05, 3.63) is 29.6 Å². The van der Waals surface area contributed by atoms with Gasteiger partial charge >= 0.3 is 0 Å². The second kappa shape index (κ2) is 6.53. The Balaban J connectivity index is 2.32. The molecule has 0 aromatic carbocycles. The highest BCUT2D eigenvalue weighted by Crippen LogP contribution is 2.02. The second-order valence-corrected chi connectivity index (χ2v) is 3.28. The van der Waals surface area contributed by atoms with Crippen LogP contribution in [-0.4, -0.2) is 24.0 Å². The molecule has 1 amide bonds. The largest absolute Gasteiger partial charge is 0.355 e. The van der Waals surface area contributed by atoms with Crippen molar-refractivity contribution in [1.29, 1.82) is 5.26 Å². The highest BCUT2D eigenvalue weighted by atomic mass is 16.1. The van der Waals surface area contributed by atoms with Gasteiger partial charge in [0.2, 0.25) is 5.91 Å². The van der Waals surface area contributed by atoms with Gasteiger partial charge in [-0.1, -0.05) is 6.07 Å². The van der Waals surface area contributed by atoms with Crippen LogP contribution in [-0.2, 0) is 11.3 Å². The van der Waals surface area contributed by atoms with Crippen molar-refractivity contribution >= 4 is 5.91 Å². The molecule has 0 saturated carbocycles. The molecule has 1 aromatic rings. The van der Waals surface area contributed by atoms with Gasteiger partial charge in [0.25, 0.3) is 0 Å². The molecule has 5 heteroatoms. The van der Waals surface area contributed by atoms with Gasteiger partial charge in [-0.05, 0) is 6.07 Å². The van der Waals surface area contributed by atoms with Gasteiger partial charge in [-0.3, -0.25) is 4.79 Å². The molecule has 0 aliphatic rings. The Morgan fingerprint density at radius 2 is 2.38 bits per heavy atom. The van der Waals surface area contributed by atoms with E-state index in [4.69, 9.17) is 5.26 Å². The standard InChI is InChI=1S/C11H14N4O/c1-9(16)14-6-5-13-8-10-3-2-4-15-11(10)7-12/h2-4,13H,5-6,8H2,1H3,(H,14,16). The number of hydrogen-bond acceptors (Lipinski definition) is 4. The molecule has 5 nitrogen and oxygen atoms in total. The number of nitrogens with zero attached hydrogens (tertiary/aromatic N) is 2. The van der Waals surface area contributed by atoms with E-state index in [1.807, 2.05) is 12.1 Å². The van der Waals surface area contributed by atoms with Crippen LogP contribution in [0, 0.1) is 11.3 Å². The van der Waals surface area contributed by atoms with Gasteiger partial charge in [0.15, 0.2) is 0 Å². The first-order valence-corrected chi connectivity index (χ1v) is 5.03. The molecule has 2 N–H and O–H groups in total. The minimum absolute atomic E-state index is 0.0408. The minimum Gasteiger partial charge on any atom is -0.355 e. The van der Waals surface area contributed by atoms with Crippen LogP contribution in [0.25, 0.3) is 0 Å². The van der Waals surface area contributed by atoms with Gasteiger partial charge in [0.05, 0.1) is 0 Å². The molecule has 1 aromatic heterocycles. The summed E-state index contributed by atoms with van der Waals surface area (Å²) in [6.45, 7) is 3.31. The van der Waals surface area contributed by atoms with Crippen molar-refractivity contribution in [3.8, 4) is 6.07 Å². The average molecular weight is 218 g/mol. The van der Waals surface area contributed by atoms with Crippen molar-refractivity contribution in [1.82, 2.24) is 15.6 Å². The monoisotopic (exact) mass is 218 g/mol. The molecule has 0 aliphatic heterocycles. The molecule has 0 fully saturated rings. The van der Waals surface area contributed by atoms with Crippen molar-refractivity contribution in [2.75, 3.05) is 13.1 Å². The maximum Gasteiger partial charge on any atom is 0.216 e. The van der Waals surface area contributed by atoms with Gasteiger partial charge in [0, 0.05) is 38.3 Å². The number of carbonyl (C=O) groups excluding carboxylic acids is 1. The van der Waals surface area contributed by atoms with Gasteiger partial charge in [0.1, 0.15) is 11.8 Å². The number of aromatic nitrogens is 1. The lowest BCUT2D eigenvalue weighted by atomic mass is 10.2. The molecule has 0 saturated heterocycles. The molecule has 0 unspecified atom stereocenters. The van der Waals surface area contributed by atoms with Crippen molar-refractivity contribution in [2.45, 2.75) is 13.5 Å². The lowest BCUT2D eigenvalue weighted by Crippen LogP contribution is -2.30. The Labute approximate surface area is 94.5 Å². The van der Waals surface area contributed by atoms with E-state index in [1.54, 1.807) is 12.3 Å². The molecule has 1 heterocycles. The van der Waals surface area contributed by atoms with Gasteiger partial charge in [-0.2, -0.15) is 5.26 Å². The van der Waals surface area contributed by atoms with Crippen LogP contribution in [0.4, 0.5) is 0 Å². The molecular weight excluding hydrogens is 204 g/mol. The Morgan fingerprint density at radius 1 is 1.56 bits per heavy atom. The predicted molar refractivity (Wildman–Crippen MR) is 59.3 cm³/mol. The SMILES string of the molecule is CC(=O)NCCNCc1cccnc1C#N. The van der Waals surface area contributed by atoms with E-state index >= 15 is 0 Å². The Bertz CT molecular complexity index is 397. The number of amides is 1. The summed E-state index contributed by atoms with van der Waals surface area (Å²) in [6.07, 6.45) is 1.60. The zero-order valence-electron chi connectivity index (χ0n) is 9.16. The molecule has 1 rings (SSSR count). The third-order valence-electron chi connectivity index (χ3n) is 1.99. The van der Waals surface area contributed by atoms with E-state index in [9.17, 15) is 4.79 Å². The van der Waals surface area contributed by atoms with Crippen molar-refractivity contribution < 1.29 is 4.79 Å². The lowest BCUT2D eigenvalue weighted by molar-refractivity contribution is -0.118. The minimum atomic E-state index is -0.0408. The summed E-state index contributed by atoms with van der Waals surface area (Å²) in [5.41, 5.74) is 1.31. The highest BCUT2D eigenvalue weighted by Gasteiger charge is 2.00. The second-order valence-electron chi connectivity index (χ2n) is 3.28. The summed E-state index contributed by atoms with van der Waals surface area (Å²) < 4.78 is 0. The normalized spacial score (nSPS) is 9.50. The zero-order chi connectivity index (χ0) is 11.8.